The van der Waals surface area contributed by atoms with Gasteiger partial charge in [0.1, 0.15) is 19.1 Å². The minimum absolute atomic E-state index is 0.0699. The third-order valence-electron chi connectivity index (χ3n) is 4.64. The lowest BCUT2D eigenvalue weighted by Gasteiger charge is -2.31. The Kier molecular flexibility index (Phi) is 6.51. The molecule has 0 aliphatic carbocycles. The molecule has 1 aliphatic heterocycles. The minimum Gasteiger partial charge on any atom is -0.370 e. The molecule has 0 spiro atoms. The van der Waals surface area contributed by atoms with Crippen LogP contribution in [0.25, 0.3) is 0 Å². The highest BCUT2D eigenvalue weighted by molar-refractivity contribution is 7.10. The maximum absolute atomic E-state index is 12.8. The number of hydrogen-bond acceptors (Lipinski definition) is 3. The summed E-state index contributed by atoms with van der Waals surface area (Å²) >= 11 is 1.65. The number of benzene rings is 1. The predicted octanol–water partition coefficient (Wildman–Crippen LogP) is 2.08. The van der Waals surface area contributed by atoms with E-state index in [-0.39, 0.29) is 18.4 Å². The number of carbonyl (C=O) groups excluding carboxylic acids is 1. The summed E-state index contributed by atoms with van der Waals surface area (Å²) in [6.07, 6.45) is -4.48. The van der Waals surface area contributed by atoms with E-state index < -0.39 is 11.7 Å². The monoisotopic (exact) mass is 399 g/mol. The first kappa shape index (κ1) is 19.9. The second-order valence-electron chi connectivity index (χ2n) is 6.52. The van der Waals surface area contributed by atoms with Crippen LogP contribution in [0.3, 0.4) is 0 Å². The van der Waals surface area contributed by atoms with Crippen LogP contribution in [0, 0.1) is 0 Å². The zero-order chi connectivity index (χ0) is 19.3. The van der Waals surface area contributed by atoms with Crippen LogP contribution in [-0.2, 0) is 22.1 Å². The van der Waals surface area contributed by atoms with Crippen LogP contribution in [0.4, 0.5) is 13.2 Å². The molecule has 0 radical (unpaired) electrons. The molecule has 0 saturated carbocycles. The van der Waals surface area contributed by atoms with E-state index in [0.717, 1.165) is 25.2 Å². The molecule has 4 nitrogen and oxygen atoms in total. The predicted molar refractivity (Wildman–Crippen MR) is 96.7 cm³/mol. The molecular weight excluding hydrogens is 377 g/mol. The summed E-state index contributed by atoms with van der Waals surface area (Å²) < 4.78 is 43.8. The van der Waals surface area contributed by atoms with Gasteiger partial charge in [0.2, 0.25) is 5.91 Å². The fourth-order valence-electron chi connectivity index (χ4n) is 3.24. The lowest BCUT2D eigenvalue weighted by atomic mass is 10.1. The van der Waals surface area contributed by atoms with Gasteiger partial charge in [-0.1, -0.05) is 24.3 Å². The third-order valence-corrected chi connectivity index (χ3v) is 5.62. The number of halogens is 3. The summed E-state index contributed by atoms with van der Waals surface area (Å²) in [6.45, 7) is 3.57. The molecular formula is C19H22F3N2O2S+. The molecule has 27 heavy (non-hydrogen) atoms. The average molecular weight is 399 g/mol. The van der Waals surface area contributed by atoms with Crippen LogP contribution in [0.1, 0.15) is 22.0 Å². The molecule has 146 valence electrons. The van der Waals surface area contributed by atoms with Gasteiger partial charge in [-0.3, -0.25) is 4.79 Å². The normalized spacial score (nSPS) is 16.9. The number of carbonyl (C=O) groups is 1. The number of hydrogen-bond donors (Lipinski definition) is 2. The van der Waals surface area contributed by atoms with E-state index in [9.17, 15) is 18.0 Å². The molecule has 1 saturated heterocycles. The van der Waals surface area contributed by atoms with Gasteiger partial charge in [-0.25, -0.2) is 0 Å². The molecule has 0 bridgehead atoms. The van der Waals surface area contributed by atoms with Crippen molar-refractivity contribution >= 4 is 17.2 Å². The number of thiophene rings is 1. The van der Waals surface area contributed by atoms with Gasteiger partial charge >= 0.3 is 6.18 Å². The molecule has 1 atom stereocenters. The molecule has 1 aromatic carbocycles. The van der Waals surface area contributed by atoms with Gasteiger partial charge in [-0.2, -0.15) is 13.2 Å². The Hall–Kier alpha value is -1.90. The van der Waals surface area contributed by atoms with Crippen molar-refractivity contribution < 1.29 is 27.6 Å². The molecule has 8 heteroatoms. The maximum atomic E-state index is 12.8. The van der Waals surface area contributed by atoms with Crippen LogP contribution < -0.4 is 10.2 Å². The Balaban J connectivity index is 1.61. The zero-order valence-corrected chi connectivity index (χ0v) is 15.5. The first-order valence-electron chi connectivity index (χ1n) is 8.82. The van der Waals surface area contributed by atoms with Crippen molar-refractivity contribution in [2.24, 2.45) is 0 Å². The molecule has 2 aromatic rings. The highest BCUT2D eigenvalue weighted by Gasteiger charge is 2.31. The van der Waals surface area contributed by atoms with E-state index in [4.69, 9.17) is 4.74 Å². The zero-order valence-electron chi connectivity index (χ0n) is 14.7. The van der Waals surface area contributed by atoms with Crippen LogP contribution in [0.5, 0.6) is 0 Å². The number of rotatable bonds is 6. The summed E-state index contributed by atoms with van der Waals surface area (Å²) in [5.74, 6) is -0.274. The Morgan fingerprint density at radius 2 is 2.00 bits per heavy atom. The highest BCUT2D eigenvalue weighted by Crippen LogP contribution is 2.29. The van der Waals surface area contributed by atoms with Crippen LogP contribution in [-0.4, -0.2) is 38.8 Å². The summed E-state index contributed by atoms with van der Waals surface area (Å²) in [5.41, 5.74) is -0.379. The van der Waals surface area contributed by atoms with Gasteiger partial charge in [0, 0.05) is 0 Å². The van der Waals surface area contributed by atoms with Crippen molar-refractivity contribution in [3.05, 3.63) is 57.8 Å². The first-order valence-corrected chi connectivity index (χ1v) is 9.70. The van der Waals surface area contributed by atoms with Gasteiger partial charge in [0.05, 0.1) is 36.6 Å². The van der Waals surface area contributed by atoms with E-state index in [0.29, 0.717) is 25.3 Å². The van der Waals surface area contributed by atoms with Crippen molar-refractivity contribution in [3.8, 4) is 0 Å². The van der Waals surface area contributed by atoms with Gasteiger partial charge in [0.15, 0.2) is 0 Å². The van der Waals surface area contributed by atoms with Crippen molar-refractivity contribution in [2.75, 3.05) is 32.8 Å². The summed E-state index contributed by atoms with van der Waals surface area (Å²) in [5, 5.41) is 4.91. The quantitative estimate of drug-likeness (QED) is 0.781. The fourth-order valence-corrected chi connectivity index (χ4v) is 4.12. The summed E-state index contributed by atoms with van der Waals surface area (Å²) in [7, 11) is 0. The van der Waals surface area contributed by atoms with Crippen molar-refractivity contribution in [2.45, 2.75) is 18.6 Å². The smallest absolute Gasteiger partial charge is 0.370 e. The number of nitrogens with one attached hydrogen (secondary N) is 2. The standard InChI is InChI=1S/C19H21F3N2O2S/c20-19(21,22)15-4-1-3-14(11-15)12-18(25)23-13-16(17-5-2-10-27-17)24-6-8-26-9-7-24/h1-5,10-11,16H,6-9,12-13H2,(H,23,25)/p+1/t16-/m0/s1. The number of amides is 1. The molecule has 1 aliphatic rings. The topological polar surface area (TPSA) is 42.8 Å². The van der Waals surface area contributed by atoms with E-state index in [1.165, 1.54) is 15.8 Å². The van der Waals surface area contributed by atoms with Crippen LogP contribution in [0.2, 0.25) is 0 Å². The van der Waals surface area contributed by atoms with Gasteiger partial charge in [0.25, 0.3) is 0 Å². The Bertz CT molecular complexity index is 744. The Morgan fingerprint density at radius 1 is 1.22 bits per heavy atom. The van der Waals surface area contributed by atoms with Crippen molar-refractivity contribution in [3.63, 3.8) is 0 Å². The lowest BCUT2D eigenvalue weighted by molar-refractivity contribution is -0.937. The SMILES string of the molecule is O=C(Cc1cccc(C(F)(F)F)c1)NC[C@@H](c1cccs1)[NH+]1CCOCC1. The molecule has 1 amide bonds. The Morgan fingerprint density at radius 3 is 2.67 bits per heavy atom. The molecule has 0 unspecified atom stereocenters. The largest absolute Gasteiger partial charge is 0.416 e. The number of ether oxygens (including phenoxy) is 1. The second-order valence-corrected chi connectivity index (χ2v) is 7.50. The third kappa shape index (κ3) is 5.54. The molecule has 2 heterocycles. The number of quaternary nitrogens is 1. The molecule has 2 N–H and O–H groups in total. The van der Waals surface area contributed by atoms with Gasteiger partial charge in [-0.15, -0.1) is 11.3 Å². The highest BCUT2D eigenvalue weighted by atomic mass is 32.1. The average Bonchev–Trinajstić information content (AvgIpc) is 3.17. The van der Waals surface area contributed by atoms with Crippen LogP contribution >= 0.6 is 11.3 Å². The van der Waals surface area contributed by atoms with E-state index in [2.05, 4.69) is 11.4 Å². The molecule has 1 fully saturated rings. The summed E-state index contributed by atoms with van der Waals surface area (Å²) in [4.78, 5) is 14.8. The first-order chi connectivity index (χ1) is 12.9. The lowest BCUT2D eigenvalue weighted by Crippen LogP contribution is -3.15. The van der Waals surface area contributed by atoms with Crippen LogP contribution in [0.15, 0.2) is 41.8 Å². The van der Waals surface area contributed by atoms with Gasteiger partial charge < -0.3 is 15.0 Å². The van der Waals surface area contributed by atoms with Gasteiger partial charge in [-0.05, 0) is 23.1 Å². The van der Waals surface area contributed by atoms with E-state index in [1.807, 2.05) is 11.4 Å². The van der Waals surface area contributed by atoms with E-state index in [1.54, 1.807) is 17.4 Å². The minimum atomic E-state index is -4.41. The maximum Gasteiger partial charge on any atom is 0.416 e. The number of alkyl halides is 3. The van der Waals surface area contributed by atoms with Crippen molar-refractivity contribution in [1.29, 1.82) is 0 Å². The summed E-state index contributed by atoms with van der Waals surface area (Å²) in [6, 6.07) is 9.07. The Labute approximate surface area is 159 Å². The van der Waals surface area contributed by atoms with E-state index >= 15 is 0 Å². The second kappa shape index (κ2) is 8.86. The molecule has 3 rings (SSSR count). The van der Waals surface area contributed by atoms with Crippen molar-refractivity contribution in [1.82, 2.24) is 5.32 Å². The number of morpholine rings is 1. The fraction of sp³-hybridized carbons (Fsp3) is 0.421. The molecule has 1 aromatic heterocycles.